The molecule has 3 aliphatic rings. The van der Waals surface area contributed by atoms with Crippen molar-refractivity contribution in [3.8, 4) is 0 Å². The average molecular weight is 504 g/mol. The Hall–Kier alpha value is -3.37. The fourth-order valence-corrected chi connectivity index (χ4v) is 5.05. The molecular formula is C25H37N5O6. The molecule has 0 unspecified atom stereocenters. The van der Waals surface area contributed by atoms with E-state index in [1.165, 1.54) is 15.9 Å². The molecule has 1 aliphatic heterocycles. The van der Waals surface area contributed by atoms with E-state index in [1.54, 1.807) is 13.1 Å². The summed E-state index contributed by atoms with van der Waals surface area (Å²) in [5.41, 5.74) is 4.36. The minimum absolute atomic E-state index is 0.128. The molecule has 0 bridgehead atoms. The molecule has 0 aromatic rings. The van der Waals surface area contributed by atoms with E-state index in [0.29, 0.717) is 25.8 Å². The number of hydrogen-bond acceptors (Lipinski definition) is 6. The summed E-state index contributed by atoms with van der Waals surface area (Å²) in [5, 5.41) is 5.39. The standard InChI is InChI=1S/C25H37N5O6/c1-4-16-15-25(16,23(26)34)28-21(32)19-11-8-13-30(19)22(33)18(12-14-29(3)20(31)5-2)27-24(35)36-17-9-6-7-10-17/h4-5,16-19H,1-2,6-15H2,3H3,(H2,26,34)(H,27,35)(H,28,32)/t16-,18+,19+,25-/m1/s1. The topological polar surface area (TPSA) is 151 Å². The Morgan fingerprint density at radius 2 is 1.86 bits per heavy atom. The van der Waals surface area contributed by atoms with Crippen LogP contribution < -0.4 is 16.4 Å². The summed E-state index contributed by atoms with van der Waals surface area (Å²) >= 11 is 0. The number of nitrogens with one attached hydrogen (secondary N) is 2. The quantitative estimate of drug-likeness (QED) is 0.277. The maximum absolute atomic E-state index is 13.6. The number of ether oxygens (including phenoxy) is 1. The summed E-state index contributed by atoms with van der Waals surface area (Å²) in [7, 11) is 1.57. The first-order valence-electron chi connectivity index (χ1n) is 12.5. The molecule has 4 N–H and O–H groups in total. The fourth-order valence-electron chi connectivity index (χ4n) is 5.05. The molecule has 0 radical (unpaired) electrons. The Morgan fingerprint density at radius 1 is 1.17 bits per heavy atom. The number of likely N-dealkylation sites (tertiary alicyclic amines) is 1. The number of hydrogen-bond donors (Lipinski definition) is 3. The number of carbonyl (C=O) groups is 5. The molecule has 11 nitrogen and oxygen atoms in total. The number of likely N-dealkylation sites (N-methyl/N-ethyl adjacent to an activating group) is 1. The number of alkyl carbamates (subject to hydrolysis) is 1. The highest BCUT2D eigenvalue weighted by Crippen LogP contribution is 2.44. The van der Waals surface area contributed by atoms with Gasteiger partial charge >= 0.3 is 6.09 Å². The third-order valence-electron chi connectivity index (χ3n) is 7.39. The summed E-state index contributed by atoms with van der Waals surface area (Å²) in [6.07, 6.45) is 6.91. The van der Waals surface area contributed by atoms with Crippen LogP contribution in [0.15, 0.2) is 25.3 Å². The molecule has 3 fully saturated rings. The highest BCUT2D eigenvalue weighted by atomic mass is 16.6. The number of primary amides is 1. The lowest BCUT2D eigenvalue weighted by atomic mass is 10.1. The predicted molar refractivity (Wildman–Crippen MR) is 131 cm³/mol. The summed E-state index contributed by atoms with van der Waals surface area (Å²) in [6.45, 7) is 7.64. The van der Waals surface area contributed by atoms with Crippen molar-refractivity contribution in [3.05, 3.63) is 25.3 Å². The van der Waals surface area contributed by atoms with Crippen LogP contribution in [-0.2, 0) is 23.9 Å². The zero-order chi connectivity index (χ0) is 26.5. The Kier molecular flexibility index (Phi) is 8.75. The van der Waals surface area contributed by atoms with Crippen LogP contribution in [0.5, 0.6) is 0 Å². The van der Waals surface area contributed by atoms with Gasteiger partial charge in [-0.25, -0.2) is 4.79 Å². The van der Waals surface area contributed by atoms with Crippen LogP contribution in [0.4, 0.5) is 4.79 Å². The lowest BCUT2D eigenvalue weighted by molar-refractivity contribution is -0.141. The van der Waals surface area contributed by atoms with E-state index in [1.807, 2.05) is 0 Å². The van der Waals surface area contributed by atoms with Crippen LogP contribution in [-0.4, -0.2) is 83.4 Å². The smallest absolute Gasteiger partial charge is 0.408 e. The highest BCUT2D eigenvalue weighted by Gasteiger charge is 2.59. The molecule has 3 rings (SSSR count). The van der Waals surface area contributed by atoms with Crippen LogP contribution >= 0.6 is 0 Å². The van der Waals surface area contributed by atoms with Crippen molar-refractivity contribution >= 4 is 29.7 Å². The molecule has 2 aliphatic carbocycles. The minimum Gasteiger partial charge on any atom is -0.446 e. The zero-order valence-electron chi connectivity index (χ0n) is 20.9. The molecule has 2 saturated carbocycles. The first kappa shape index (κ1) is 27.2. The predicted octanol–water partition coefficient (Wildman–Crippen LogP) is 0.596. The Labute approximate surface area is 211 Å². The Bertz CT molecular complexity index is 917. The zero-order valence-corrected chi connectivity index (χ0v) is 20.9. The molecule has 198 valence electrons. The highest BCUT2D eigenvalue weighted by molar-refractivity contribution is 5.97. The average Bonchev–Trinajstić information content (AvgIpc) is 3.19. The molecule has 0 spiro atoms. The second-order valence-electron chi connectivity index (χ2n) is 9.82. The molecule has 4 atom stereocenters. The van der Waals surface area contributed by atoms with Crippen LogP contribution in [0.1, 0.15) is 51.4 Å². The summed E-state index contributed by atoms with van der Waals surface area (Å²) in [5.74, 6) is -2.11. The summed E-state index contributed by atoms with van der Waals surface area (Å²) < 4.78 is 5.47. The van der Waals surface area contributed by atoms with E-state index < -0.39 is 41.4 Å². The van der Waals surface area contributed by atoms with E-state index in [2.05, 4.69) is 23.8 Å². The van der Waals surface area contributed by atoms with Gasteiger partial charge in [0.15, 0.2) is 0 Å². The molecule has 0 aromatic carbocycles. The van der Waals surface area contributed by atoms with Gasteiger partial charge in [-0.3, -0.25) is 19.2 Å². The first-order valence-corrected chi connectivity index (χ1v) is 12.5. The van der Waals surface area contributed by atoms with Crippen LogP contribution in [0, 0.1) is 5.92 Å². The normalized spacial score (nSPS) is 26.0. The molecule has 1 heterocycles. The third kappa shape index (κ3) is 6.06. The van der Waals surface area contributed by atoms with E-state index in [4.69, 9.17) is 10.5 Å². The molecule has 36 heavy (non-hydrogen) atoms. The largest absolute Gasteiger partial charge is 0.446 e. The Morgan fingerprint density at radius 3 is 2.44 bits per heavy atom. The lowest BCUT2D eigenvalue weighted by Gasteiger charge is -2.30. The van der Waals surface area contributed by atoms with Gasteiger partial charge in [-0.05, 0) is 57.4 Å². The number of nitrogens with zero attached hydrogens (tertiary/aromatic N) is 2. The molecule has 5 amide bonds. The van der Waals surface area contributed by atoms with Crippen molar-refractivity contribution in [2.45, 2.75) is 75.1 Å². The van der Waals surface area contributed by atoms with E-state index in [9.17, 15) is 24.0 Å². The van der Waals surface area contributed by atoms with Crippen LogP contribution in [0.3, 0.4) is 0 Å². The number of nitrogens with two attached hydrogens (primary N) is 1. The van der Waals surface area contributed by atoms with Gasteiger partial charge in [-0.1, -0.05) is 12.7 Å². The van der Waals surface area contributed by atoms with E-state index in [-0.39, 0.29) is 30.9 Å². The SMILES string of the molecule is C=CC(=O)N(C)CC[C@H](NC(=O)OC1CCCC1)C(=O)N1CCC[C@H]1C(=O)N[C@]1(C(N)=O)C[C@H]1C=C. The maximum atomic E-state index is 13.6. The first-order chi connectivity index (χ1) is 17.1. The van der Waals surface area contributed by atoms with Gasteiger partial charge in [0.05, 0.1) is 0 Å². The van der Waals surface area contributed by atoms with Crippen molar-refractivity contribution in [2.24, 2.45) is 11.7 Å². The lowest BCUT2D eigenvalue weighted by Crippen LogP contribution is -2.57. The molecule has 0 aromatic heterocycles. The van der Waals surface area contributed by atoms with Crippen molar-refractivity contribution in [1.82, 2.24) is 20.4 Å². The van der Waals surface area contributed by atoms with Crippen LogP contribution in [0.2, 0.25) is 0 Å². The maximum Gasteiger partial charge on any atom is 0.408 e. The number of carbonyl (C=O) groups excluding carboxylic acids is 5. The van der Waals surface area contributed by atoms with Crippen molar-refractivity contribution in [1.29, 1.82) is 0 Å². The monoisotopic (exact) mass is 503 g/mol. The van der Waals surface area contributed by atoms with Gasteiger partial charge in [0.2, 0.25) is 23.6 Å². The summed E-state index contributed by atoms with van der Waals surface area (Å²) in [6, 6.07) is -1.80. The molecular weight excluding hydrogens is 466 g/mol. The second-order valence-corrected chi connectivity index (χ2v) is 9.82. The van der Waals surface area contributed by atoms with Gasteiger partial charge in [0.1, 0.15) is 23.7 Å². The molecule has 1 saturated heterocycles. The molecule has 11 heteroatoms. The number of amides is 5. The van der Waals surface area contributed by atoms with Crippen LogP contribution in [0.25, 0.3) is 0 Å². The van der Waals surface area contributed by atoms with Crippen molar-refractivity contribution < 1.29 is 28.7 Å². The van der Waals surface area contributed by atoms with E-state index in [0.717, 1.165) is 25.7 Å². The van der Waals surface area contributed by atoms with Crippen molar-refractivity contribution in [3.63, 3.8) is 0 Å². The second kappa shape index (κ2) is 11.6. The van der Waals surface area contributed by atoms with Gasteiger partial charge in [-0.15, -0.1) is 6.58 Å². The fraction of sp³-hybridized carbons (Fsp3) is 0.640. The van der Waals surface area contributed by atoms with Gasteiger partial charge in [0, 0.05) is 26.1 Å². The minimum atomic E-state index is -1.17. The Balaban J connectivity index is 1.70. The van der Waals surface area contributed by atoms with E-state index >= 15 is 0 Å². The van der Waals surface area contributed by atoms with Gasteiger partial charge in [0.25, 0.3) is 0 Å². The van der Waals surface area contributed by atoms with Gasteiger partial charge < -0.3 is 30.9 Å². The third-order valence-corrected chi connectivity index (χ3v) is 7.39. The van der Waals surface area contributed by atoms with Gasteiger partial charge in [-0.2, -0.15) is 0 Å². The number of rotatable bonds is 11. The summed E-state index contributed by atoms with van der Waals surface area (Å²) in [4.78, 5) is 66.0. The van der Waals surface area contributed by atoms with Crippen molar-refractivity contribution in [2.75, 3.05) is 20.1 Å².